The fourth-order valence-corrected chi connectivity index (χ4v) is 3.96. The van der Waals surface area contributed by atoms with Gasteiger partial charge < -0.3 is 10.4 Å². The Hall–Kier alpha value is -3.15. The first-order valence-electron chi connectivity index (χ1n) is 8.10. The summed E-state index contributed by atoms with van der Waals surface area (Å²) in [6.45, 7) is 0. The molecule has 2 aromatic rings. The largest absolute Gasteiger partial charge is 0.478 e. The molecule has 1 aliphatic carbocycles. The van der Waals surface area contributed by atoms with Crippen molar-refractivity contribution in [2.45, 2.75) is 18.4 Å². The monoisotopic (exact) mass is 336 g/mol. The van der Waals surface area contributed by atoms with Gasteiger partial charge in [-0.15, -0.1) is 0 Å². The number of hydrogen-bond donors (Lipinski definition) is 2. The lowest BCUT2D eigenvalue weighted by molar-refractivity contribution is -0.384. The molecule has 0 unspecified atom stereocenters. The van der Waals surface area contributed by atoms with Crippen LogP contribution in [0.2, 0.25) is 0 Å². The normalized spacial score (nSPS) is 23.4. The highest BCUT2D eigenvalue weighted by Crippen LogP contribution is 2.50. The predicted molar refractivity (Wildman–Crippen MR) is 92.8 cm³/mol. The molecule has 1 heterocycles. The van der Waals surface area contributed by atoms with Gasteiger partial charge in [-0.05, 0) is 29.5 Å². The van der Waals surface area contributed by atoms with Crippen molar-refractivity contribution in [1.29, 1.82) is 0 Å². The van der Waals surface area contributed by atoms with Crippen molar-refractivity contribution in [3.05, 3.63) is 81.4 Å². The number of nitro groups is 1. The molecule has 6 heteroatoms. The van der Waals surface area contributed by atoms with E-state index in [1.54, 1.807) is 24.3 Å². The second-order valence-electron chi connectivity index (χ2n) is 6.40. The van der Waals surface area contributed by atoms with E-state index in [0.717, 1.165) is 17.5 Å². The molecule has 0 radical (unpaired) electrons. The average molecular weight is 336 g/mol. The lowest BCUT2D eigenvalue weighted by Gasteiger charge is -2.38. The second-order valence-corrected chi connectivity index (χ2v) is 6.40. The number of carboxylic acids is 1. The van der Waals surface area contributed by atoms with Gasteiger partial charge >= 0.3 is 5.97 Å². The fraction of sp³-hybridized carbons (Fsp3) is 0.211. The van der Waals surface area contributed by atoms with Gasteiger partial charge in [-0.1, -0.05) is 36.4 Å². The van der Waals surface area contributed by atoms with Gasteiger partial charge in [0.15, 0.2) is 0 Å². The Bertz CT molecular complexity index is 906. The number of allylic oxidation sites excluding steroid dienone is 2. The molecule has 0 amide bonds. The Kier molecular flexibility index (Phi) is 3.53. The molecule has 0 saturated carbocycles. The standard InChI is InChI=1S/C19H16N2O4/c22-19(23)16-9-3-8-15-13-6-2-7-14(13)17(20-18(15)16)11-4-1-5-12(10-11)21(24)25/h1-6,8-10,13-14,17,20H,7H2,(H,22,23)/t13-,14+,17-/m0/s1. The highest BCUT2D eigenvalue weighted by atomic mass is 16.6. The summed E-state index contributed by atoms with van der Waals surface area (Å²) in [5.74, 6) is -0.666. The number of para-hydroxylation sites is 1. The Morgan fingerprint density at radius 2 is 2.04 bits per heavy atom. The number of nitrogens with zero attached hydrogens (tertiary/aromatic N) is 1. The molecule has 0 aromatic heterocycles. The van der Waals surface area contributed by atoms with Gasteiger partial charge in [-0.3, -0.25) is 10.1 Å². The maximum Gasteiger partial charge on any atom is 0.337 e. The van der Waals surface area contributed by atoms with Crippen molar-refractivity contribution in [1.82, 2.24) is 0 Å². The van der Waals surface area contributed by atoms with Gasteiger partial charge in [0.05, 0.1) is 22.2 Å². The number of nitrogens with one attached hydrogen (secondary N) is 1. The molecule has 2 aromatic carbocycles. The predicted octanol–water partition coefficient (Wildman–Crippen LogP) is 4.12. The van der Waals surface area contributed by atoms with Crippen molar-refractivity contribution in [3.63, 3.8) is 0 Å². The molecule has 126 valence electrons. The highest BCUT2D eigenvalue weighted by Gasteiger charge is 2.39. The van der Waals surface area contributed by atoms with E-state index in [1.165, 1.54) is 6.07 Å². The van der Waals surface area contributed by atoms with Crippen LogP contribution in [-0.2, 0) is 0 Å². The number of anilines is 1. The van der Waals surface area contributed by atoms with Crippen molar-refractivity contribution in [3.8, 4) is 0 Å². The van der Waals surface area contributed by atoms with E-state index in [1.807, 2.05) is 12.1 Å². The minimum Gasteiger partial charge on any atom is -0.478 e. The van der Waals surface area contributed by atoms with Gasteiger partial charge in [-0.2, -0.15) is 0 Å². The van der Waals surface area contributed by atoms with Crippen molar-refractivity contribution in [2.24, 2.45) is 5.92 Å². The molecule has 2 N–H and O–H groups in total. The van der Waals surface area contributed by atoms with E-state index in [0.29, 0.717) is 5.69 Å². The summed E-state index contributed by atoms with van der Waals surface area (Å²) in [5.41, 5.74) is 2.66. The molecular formula is C19H16N2O4. The first-order chi connectivity index (χ1) is 12.1. The lowest BCUT2D eigenvalue weighted by Crippen LogP contribution is -2.30. The first-order valence-corrected chi connectivity index (χ1v) is 8.10. The van der Waals surface area contributed by atoms with E-state index in [-0.39, 0.29) is 29.1 Å². The Balaban J connectivity index is 1.83. The van der Waals surface area contributed by atoms with Crippen LogP contribution < -0.4 is 5.32 Å². The number of carboxylic acid groups (broad SMARTS) is 1. The van der Waals surface area contributed by atoms with Crippen molar-refractivity contribution in [2.75, 3.05) is 5.32 Å². The average Bonchev–Trinajstić information content (AvgIpc) is 3.10. The fourth-order valence-electron chi connectivity index (χ4n) is 3.96. The van der Waals surface area contributed by atoms with Crippen LogP contribution in [0.25, 0.3) is 0 Å². The molecule has 0 fully saturated rings. The van der Waals surface area contributed by atoms with Crippen LogP contribution >= 0.6 is 0 Å². The molecule has 2 aliphatic rings. The summed E-state index contributed by atoms with van der Waals surface area (Å²) in [5, 5.41) is 24.0. The zero-order valence-corrected chi connectivity index (χ0v) is 13.3. The van der Waals surface area contributed by atoms with E-state index in [9.17, 15) is 20.0 Å². The topological polar surface area (TPSA) is 92.5 Å². The van der Waals surface area contributed by atoms with Gasteiger partial charge in [0.25, 0.3) is 5.69 Å². The zero-order valence-electron chi connectivity index (χ0n) is 13.3. The van der Waals surface area contributed by atoms with E-state index in [4.69, 9.17) is 0 Å². The van der Waals surface area contributed by atoms with Gasteiger partial charge in [0.1, 0.15) is 0 Å². The van der Waals surface area contributed by atoms with Crippen LogP contribution in [0.5, 0.6) is 0 Å². The molecule has 1 aliphatic heterocycles. The highest BCUT2D eigenvalue weighted by molar-refractivity contribution is 5.95. The van der Waals surface area contributed by atoms with Gasteiger partial charge in [0.2, 0.25) is 0 Å². The van der Waals surface area contributed by atoms with E-state index < -0.39 is 10.9 Å². The Morgan fingerprint density at radius 1 is 1.24 bits per heavy atom. The molecule has 0 bridgehead atoms. The lowest BCUT2D eigenvalue weighted by atomic mass is 9.76. The summed E-state index contributed by atoms with van der Waals surface area (Å²) in [6, 6.07) is 11.7. The third-order valence-corrected chi connectivity index (χ3v) is 5.07. The number of benzene rings is 2. The molecule has 0 saturated heterocycles. The maximum atomic E-state index is 11.6. The SMILES string of the molecule is O=C(O)c1cccc2c1N[C@@H](c1cccc([N+](=O)[O-])c1)[C@@H]1CC=C[C@H]21. The third kappa shape index (κ3) is 2.46. The molecular weight excluding hydrogens is 320 g/mol. The Morgan fingerprint density at radius 3 is 2.80 bits per heavy atom. The Labute approximate surface area is 144 Å². The number of aromatic carboxylic acids is 1. The number of rotatable bonds is 3. The number of non-ortho nitro benzene ring substituents is 1. The third-order valence-electron chi connectivity index (χ3n) is 5.07. The summed E-state index contributed by atoms with van der Waals surface area (Å²) < 4.78 is 0. The van der Waals surface area contributed by atoms with Crippen molar-refractivity contribution >= 4 is 17.3 Å². The molecule has 4 rings (SSSR count). The summed E-state index contributed by atoms with van der Waals surface area (Å²) >= 11 is 0. The quantitative estimate of drug-likeness (QED) is 0.500. The molecule has 25 heavy (non-hydrogen) atoms. The van der Waals surface area contributed by atoms with Crippen LogP contribution in [0.1, 0.15) is 39.9 Å². The summed E-state index contributed by atoms with van der Waals surface area (Å²) in [4.78, 5) is 22.3. The van der Waals surface area contributed by atoms with Crippen LogP contribution in [0.3, 0.4) is 0 Å². The number of fused-ring (bicyclic) bond motifs is 3. The number of nitro benzene ring substituents is 1. The summed E-state index contributed by atoms with van der Waals surface area (Å²) in [6.07, 6.45) is 5.06. The van der Waals surface area contributed by atoms with Crippen LogP contribution in [0, 0.1) is 16.0 Å². The minimum absolute atomic E-state index is 0.0409. The zero-order chi connectivity index (χ0) is 17.6. The van der Waals surface area contributed by atoms with Crippen LogP contribution in [-0.4, -0.2) is 16.0 Å². The van der Waals surface area contributed by atoms with Crippen LogP contribution in [0.15, 0.2) is 54.6 Å². The molecule has 0 spiro atoms. The maximum absolute atomic E-state index is 11.6. The minimum atomic E-state index is -0.984. The van der Waals surface area contributed by atoms with Gasteiger partial charge in [-0.25, -0.2) is 4.79 Å². The van der Waals surface area contributed by atoms with Crippen LogP contribution in [0.4, 0.5) is 11.4 Å². The van der Waals surface area contributed by atoms with E-state index >= 15 is 0 Å². The molecule has 3 atom stereocenters. The van der Waals surface area contributed by atoms with Crippen molar-refractivity contribution < 1.29 is 14.8 Å². The first kappa shape index (κ1) is 15.4. The summed E-state index contributed by atoms with van der Waals surface area (Å²) in [7, 11) is 0. The molecule has 6 nitrogen and oxygen atoms in total. The number of hydrogen-bond acceptors (Lipinski definition) is 4. The van der Waals surface area contributed by atoms with E-state index in [2.05, 4.69) is 17.5 Å². The van der Waals surface area contributed by atoms with Gasteiger partial charge in [0, 0.05) is 18.1 Å². The second kappa shape index (κ2) is 5.73. The smallest absolute Gasteiger partial charge is 0.337 e. The number of carbonyl (C=O) groups is 1.